The van der Waals surface area contributed by atoms with Crippen LogP contribution in [-0.2, 0) is 0 Å². The van der Waals surface area contributed by atoms with Crippen molar-refractivity contribution >= 4 is 29.9 Å². The summed E-state index contributed by atoms with van der Waals surface area (Å²) in [4.78, 5) is 23.9. The summed E-state index contributed by atoms with van der Waals surface area (Å²) in [5, 5.41) is 3.06. The highest BCUT2D eigenvalue weighted by Gasteiger charge is 2.05. The van der Waals surface area contributed by atoms with E-state index in [1.165, 1.54) is 0 Å². The minimum Gasteiger partial charge on any atom is -0.412 e. The highest BCUT2D eigenvalue weighted by Crippen LogP contribution is 2.19. The first kappa shape index (κ1) is 19.0. The SMILES string of the molecule is Cl.NC(=O)c1cccc(Nc2nccc(-c3cccnc3)n2)c1.O. The van der Waals surface area contributed by atoms with E-state index >= 15 is 0 Å². The molecule has 7 nitrogen and oxygen atoms in total. The van der Waals surface area contributed by atoms with Gasteiger partial charge in [0, 0.05) is 35.4 Å². The number of carbonyl (C=O) groups is 1. The lowest BCUT2D eigenvalue weighted by Gasteiger charge is -2.07. The molecule has 5 N–H and O–H groups in total. The van der Waals surface area contributed by atoms with Crippen molar-refractivity contribution in [2.24, 2.45) is 5.73 Å². The van der Waals surface area contributed by atoms with Crippen molar-refractivity contribution in [3.63, 3.8) is 0 Å². The van der Waals surface area contributed by atoms with Crippen molar-refractivity contribution < 1.29 is 10.3 Å². The highest BCUT2D eigenvalue weighted by molar-refractivity contribution is 5.93. The van der Waals surface area contributed by atoms with Crippen molar-refractivity contribution in [3.05, 3.63) is 66.6 Å². The molecule has 0 aliphatic rings. The molecular formula is C16H16ClN5O2. The number of anilines is 2. The Bertz CT molecular complexity index is 814. The van der Waals surface area contributed by atoms with Crippen molar-refractivity contribution in [2.45, 2.75) is 0 Å². The molecule has 0 saturated carbocycles. The Morgan fingerprint density at radius 3 is 2.62 bits per heavy atom. The first-order valence-electron chi connectivity index (χ1n) is 6.63. The van der Waals surface area contributed by atoms with E-state index in [0.29, 0.717) is 17.2 Å². The van der Waals surface area contributed by atoms with Gasteiger partial charge in [-0.2, -0.15) is 0 Å². The standard InChI is InChI=1S/C16H13N5O.ClH.H2O/c17-15(22)11-3-1-5-13(9-11)20-16-19-8-6-14(21-16)12-4-2-7-18-10-12;;/h1-10H,(H2,17,22)(H,19,20,21);1H;1H2. The van der Waals surface area contributed by atoms with Crippen LogP contribution in [0.1, 0.15) is 10.4 Å². The number of nitrogens with one attached hydrogen (secondary N) is 1. The molecule has 0 aliphatic heterocycles. The van der Waals surface area contributed by atoms with E-state index < -0.39 is 5.91 Å². The summed E-state index contributed by atoms with van der Waals surface area (Å²) in [5.41, 5.74) is 8.05. The Morgan fingerprint density at radius 1 is 1.08 bits per heavy atom. The molecule has 0 atom stereocenters. The second kappa shape index (κ2) is 8.56. The summed E-state index contributed by atoms with van der Waals surface area (Å²) in [7, 11) is 0. The van der Waals surface area contributed by atoms with Crippen LogP contribution in [-0.4, -0.2) is 26.3 Å². The summed E-state index contributed by atoms with van der Waals surface area (Å²) < 4.78 is 0. The molecule has 0 spiro atoms. The van der Waals surface area contributed by atoms with Crippen LogP contribution < -0.4 is 11.1 Å². The van der Waals surface area contributed by atoms with E-state index in [-0.39, 0.29) is 17.9 Å². The van der Waals surface area contributed by atoms with Crippen molar-refractivity contribution in [3.8, 4) is 11.3 Å². The van der Waals surface area contributed by atoms with Crippen LogP contribution in [0.25, 0.3) is 11.3 Å². The van der Waals surface area contributed by atoms with Crippen LogP contribution in [0.2, 0.25) is 0 Å². The zero-order valence-corrected chi connectivity index (χ0v) is 13.3. The Labute approximate surface area is 144 Å². The number of amides is 1. The number of nitrogens with two attached hydrogens (primary N) is 1. The number of rotatable bonds is 4. The van der Waals surface area contributed by atoms with Gasteiger partial charge in [0.1, 0.15) is 0 Å². The fourth-order valence-electron chi connectivity index (χ4n) is 1.97. The number of hydrogen-bond acceptors (Lipinski definition) is 5. The summed E-state index contributed by atoms with van der Waals surface area (Å²) in [6.07, 6.45) is 5.11. The number of carbonyl (C=O) groups excluding carboxylic acids is 1. The Hall–Kier alpha value is -3.03. The number of aromatic nitrogens is 3. The number of primary amides is 1. The molecule has 124 valence electrons. The van der Waals surface area contributed by atoms with Crippen LogP contribution in [0, 0.1) is 0 Å². The highest BCUT2D eigenvalue weighted by atomic mass is 35.5. The summed E-state index contributed by atoms with van der Waals surface area (Å²) in [6, 6.07) is 12.4. The molecular weight excluding hydrogens is 330 g/mol. The van der Waals surface area contributed by atoms with Crippen LogP contribution in [0.4, 0.5) is 11.6 Å². The predicted octanol–water partition coefficient (Wildman–Crippen LogP) is 1.98. The van der Waals surface area contributed by atoms with Crippen LogP contribution in [0.5, 0.6) is 0 Å². The molecule has 0 bridgehead atoms. The Kier molecular flexibility index (Phi) is 6.79. The van der Waals surface area contributed by atoms with Crippen LogP contribution in [0.3, 0.4) is 0 Å². The topological polar surface area (TPSA) is 125 Å². The molecule has 2 heterocycles. The van der Waals surface area contributed by atoms with Crippen molar-refractivity contribution in [1.29, 1.82) is 0 Å². The van der Waals surface area contributed by atoms with Crippen LogP contribution in [0.15, 0.2) is 61.1 Å². The molecule has 0 radical (unpaired) electrons. The summed E-state index contributed by atoms with van der Waals surface area (Å²) >= 11 is 0. The fraction of sp³-hybridized carbons (Fsp3) is 0. The maximum atomic E-state index is 11.2. The molecule has 0 unspecified atom stereocenters. The average Bonchev–Trinajstić information content (AvgIpc) is 2.56. The van der Waals surface area contributed by atoms with Crippen molar-refractivity contribution in [1.82, 2.24) is 15.0 Å². The van der Waals surface area contributed by atoms with Gasteiger partial charge >= 0.3 is 0 Å². The van der Waals surface area contributed by atoms with Gasteiger partial charge in [0.15, 0.2) is 0 Å². The third-order valence-electron chi connectivity index (χ3n) is 3.02. The molecule has 0 fully saturated rings. The van der Waals surface area contributed by atoms with Gasteiger partial charge in [0.05, 0.1) is 5.69 Å². The average molecular weight is 346 g/mol. The maximum absolute atomic E-state index is 11.2. The molecule has 0 saturated heterocycles. The molecule has 0 aliphatic carbocycles. The number of hydrogen-bond donors (Lipinski definition) is 2. The van der Waals surface area contributed by atoms with Gasteiger partial charge < -0.3 is 16.5 Å². The zero-order chi connectivity index (χ0) is 15.4. The van der Waals surface area contributed by atoms with Crippen molar-refractivity contribution in [2.75, 3.05) is 5.32 Å². The number of benzene rings is 1. The fourth-order valence-corrected chi connectivity index (χ4v) is 1.97. The third-order valence-corrected chi connectivity index (χ3v) is 3.02. The number of halogens is 1. The second-order valence-electron chi connectivity index (χ2n) is 4.58. The lowest BCUT2D eigenvalue weighted by Crippen LogP contribution is -2.11. The van der Waals surface area contributed by atoms with Crippen LogP contribution >= 0.6 is 12.4 Å². The van der Waals surface area contributed by atoms with Gasteiger partial charge in [-0.15, -0.1) is 12.4 Å². The summed E-state index contributed by atoms with van der Waals surface area (Å²) in [5.74, 6) is -0.0448. The minimum absolute atomic E-state index is 0. The molecule has 3 aromatic rings. The third kappa shape index (κ3) is 4.48. The van der Waals surface area contributed by atoms with Gasteiger partial charge in [-0.1, -0.05) is 6.07 Å². The largest absolute Gasteiger partial charge is 0.412 e. The molecule has 3 rings (SSSR count). The van der Waals surface area contributed by atoms with E-state index in [4.69, 9.17) is 5.73 Å². The monoisotopic (exact) mass is 345 g/mol. The van der Waals surface area contributed by atoms with Gasteiger partial charge in [-0.05, 0) is 36.4 Å². The van der Waals surface area contributed by atoms with E-state index in [9.17, 15) is 4.79 Å². The first-order chi connectivity index (χ1) is 10.7. The summed E-state index contributed by atoms with van der Waals surface area (Å²) in [6.45, 7) is 0. The van der Waals surface area contributed by atoms with Gasteiger partial charge in [-0.25, -0.2) is 9.97 Å². The number of pyridine rings is 1. The molecule has 24 heavy (non-hydrogen) atoms. The van der Waals surface area contributed by atoms with E-state index in [1.54, 1.807) is 36.8 Å². The minimum atomic E-state index is -0.478. The normalized spacial score (nSPS) is 9.33. The number of nitrogens with zero attached hydrogens (tertiary/aromatic N) is 3. The lowest BCUT2D eigenvalue weighted by atomic mass is 10.2. The Balaban J connectivity index is 0.00000144. The molecule has 1 amide bonds. The van der Waals surface area contributed by atoms with E-state index in [1.807, 2.05) is 24.3 Å². The quantitative estimate of drug-likeness (QED) is 0.747. The Morgan fingerprint density at radius 2 is 1.92 bits per heavy atom. The smallest absolute Gasteiger partial charge is 0.248 e. The first-order valence-corrected chi connectivity index (χ1v) is 6.63. The second-order valence-corrected chi connectivity index (χ2v) is 4.58. The van der Waals surface area contributed by atoms with Gasteiger partial charge in [0.25, 0.3) is 0 Å². The zero-order valence-electron chi connectivity index (χ0n) is 12.5. The molecule has 2 aromatic heterocycles. The maximum Gasteiger partial charge on any atom is 0.248 e. The lowest BCUT2D eigenvalue weighted by molar-refractivity contribution is 0.100. The molecule has 1 aromatic carbocycles. The van der Waals surface area contributed by atoms with E-state index in [2.05, 4.69) is 20.3 Å². The molecule has 8 heteroatoms. The van der Waals surface area contributed by atoms with Gasteiger partial charge in [0.2, 0.25) is 11.9 Å². The van der Waals surface area contributed by atoms with Gasteiger partial charge in [-0.3, -0.25) is 9.78 Å². The predicted molar refractivity (Wildman–Crippen MR) is 94.4 cm³/mol. The van der Waals surface area contributed by atoms with E-state index in [0.717, 1.165) is 11.3 Å².